The number of benzene rings is 2. The molecule has 3 rings (SSSR count). The van der Waals surface area contributed by atoms with Gasteiger partial charge in [0.25, 0.3) is 10.0 Å². The monoisotopic (exact) mass is 395 g/mol. The minimum atomic E-state index is -3.71. The second kappa shape index (κ2) is 7.89. The molecule has 0 aliphatic rings. The maximum Gasteiger partial charge on any atom is 0.261 e. The van der Waals surface area contributed by atoms with Crippen molar-refractivity contribution in [3.05, 3.63) is 65.6 Å². The van der Waals surface area contributed by atoms with Crippen LogP contribution < -0.4 is 10.0 Å². The highest BCUT2D eigenvalue weighted by atomic mass is 32.2. The number of allylic oxidation sites excluding steroid dienone is 1. The molecule has 1 heterocycles. The molecule has 28 heavy (non-hydrogen) atoms. The second-order valence-corrected chi connectivity index (χ2v) is 7.66. The van der Waals surface area contributed by atoms with E-state index in [1.165, 1.54) is 18.3 Å². The van der Waals surface area contributed by atoms with Crippen LogP contribution in [0.15, 0.2) is 53.6 Å². The van der Waals surface area contributed by atoms with Gasteiger partial charge in [0.15, 0.2) is 0 Å². The molecule has 142 valence electrons. The molecule has 0 saturated heterocycles. The molecule has 0 unspecified atom stereocenters. The van der Waals surface area contributed by atoms with E-state index in [1.54, 1.807) is 24.3 Å². The molecule has 0 spiro atoms. The number of aromatic nitrogens is 4. The molecular weight excluding hydrogens is 378 g/mol. The molecular formula is C18H17N7O2S. The number of rotatable bonds is 6. The Kier molecular flexibility index (Phi) is 5.37. The van der Waals surface area contributed by atoms with Gasteiger partial charge in [-0.2, -0.15) is 10.5 Å². The number of sulfonamides is 1. The second-order valence-electron chi connectivity index (χ2n) is 5.98. The lowest BCUT2D eigenvalue weighted by molar-refractivity contribution is 0.601. The van der Waals surface area contributed by atoms with Crippen LogP contribution >= 0.6 is 0 Å². The van der Waals surface area contributed by atoms with Crippen molar-refractivity contribution in [1.82, 2.24) is 20.6 Å². The van der Waals surface area contributed by atoms with E-state index in [0.29, 0.717) is 11.4 Å². The number of H-pyrrole nitrogens is 1. The standard InChI is InChI=1S/C18H17N7O2S/c1-12-3-4-16(9-13(12)2)23-28(26,27)17-7-5-15(6-8-17)20-11-14(10-19)18-21-24-25-22-18/h3-9,11,20,23H,1-2H3,(H,21,22,24,25). The molecule has 0 atom stereocenters. The first-order chi connectivity index (χ1) is 13.4. The fraction of sp³-hybridized carbons (Fsp3) is 0.111. The number of tetrazole rings is 1. The van der Waals surface area contributed by atoms with Crippen molar-refractivity contribution in [3.8, 4) is 6.07 Å². The molecule has 0 saturated carbocycles. The Bertz CT molecular complexity index is 1150. The smallest absolute Gasteiger partial charge is 0.261 e. The zero-order chi connectivity index (χ0) is 20.1. The molecule has 10 heteroatoms. The topological polar surface area (TPSA) is 136 Å². The highest BCUT2D eigenvalue weighted by molar-refractivity contribution is 7.92. The Morgan fingerprint density at radius 1 is 1.11 bits per heavy atom. The van der Waals surface area contributed by atoms with Crippen molar-refractivity contribution in [2.75, 3.05) is 10.0 Å². The molecule has 2 aromatic carbocycles. The minimum Gasteiger partial charge on any atom is -0.360 e. The first-order valence-electron chi connectivity index (χ1n) is 8.20. The van der Waals surface area contributed by atoms with Crippen LogP contribution in [-0.4, -0.2) is 29.0 Å². The average molecular weight is 395 g/mol. The highest BCUT2D eigenvalue weighted by Gasteiger charge is 2.14. The summed E-state index contributed by atoms with van der Waals surface area (Å²) < 4.78 is 27.7. The van der Waals surface area contributed by atoms with Crippen LogP contribution in [0, 0.1) is 25.2 Å². The van der Waals surface area contributed by atoms with Gasteiger partial charge in [0.1, 0.15) is 11.6 Å². The zero-order valence-electron chi connectivity index (χ0n) is 15.1. The van der Waals surface area contributed by atoms with Gasteiger partial charge < -0.3 is 5.32 Å². The van der Waals surface area contributed by atoms with Crippen LogP contribution in [0.4, 0.5) is 11.4 Å². The van der Waals surface area contributed by atoms with Crippen LogP contribution in [0.1, 0.15) is 17.0 Å². The Labute approximate surface area is 162 Å². The summed E-state index contributed by atoms with van der Waals surface area (Å²) in [5, 5.41) is 25.2. The molecule has 3 N–H and O–H groups in total. The minimum absolute atomic E-state index is 0.124. The van der Waals surface area contributed by atoms with Crippen molar-refractivity contribution >= 4 is 27.0 Å². The summed E-state index contributed by atoms with van der Waals surface area (Å²) in [5.74, 6) is 0.159. The molecule has 0 bridgehead atoms. The number of aryl methyl sites for hydroxylation is 2. The van der Waals surface area contributed by atoms with Crippen molar-refractivity contribution < 1.29 is 8.42 Å². The predicted molar refractivity (Wildman–Crippen MR) is 105 cm³/mol. The van der Waals surface area contributed by atoms with Crippen LogP contribution in [0.3, 0.4) is 0 Å². The molecule has 3 aromatic rings. The predicted octanol–water partition coefficient (Wildman–Crippen LogP) is 2.59. The third kappa shape index (κ3) is 4.33. The van der Waals surface area contributed by atoms with E-state index in [0.717, 1.165) is 11.1 Å². The van der Waals surface area contributed by atoms with Crippen LogP contribution in [-0.2, 0) is 10.0 Å². The lowest BCUT2D eigenvalue weighted by Gasteiger charge is -2.10. The zero-order valence-corrected chi connectivity index (χ0v) is 15.9. The molecule has 0 aliphatic carbocycles. The Balaban J connectivity index is 1.74. The van der Waals surface area contributed by atoms with Crippen molar-refractivity contribution in [2.24, 2.45) is 0 Å². The fourth-order valence-electron chi connectivity index (χ4n) is 2.33. The van der Waals surface area contributed by atoms with Crippen LogP contribution in [0.5, 0.6) is 0 Å². The maximum absolute atomic E-state index is 12.6. The average Bonchev–Trinajstić information content (AvgIpc) is 3.20. The summed E-state index contributed by atoms with van der Waals surface area (Å²) in [7, 11) is -3.71. The van der Waals surface area contributed by atoms with Gasteiger partial charge in [-0.1, -0.05) is 6.07 Å². The summed E-state index contributed by atoms with van der Waals surface area (Å²) in [6.45, 7) is 3.88. The number of nitriles is 1. The summed E-state index contributed by atoms with van der Waals surface area (Å²) in [5.41, 5.74) is 3.38. The molecule has 9 nitrogen and oxygen atoms in total. The lowest BCUT2D eigenvalue weighted by atomic mass is 10.1. The van der Waals surface area contributed by atoms with Gasteiger partial charge in [-0.05, 0) is 66.6 Å². The molecule has 0 radical (unpaired) electrons. The Morgan fingerprint density at radius 2 is 1.82 bits per heavy atom. The highest BCUT2D eigenvalue weighted by Crippen LogP contribution is 2.20. The van der Waals surface area contributed by atoms with E-state index < -0.39 is 10.0 Å². The molecule has 1 aromatic heterocycles. The van der Waals surface area contributed by atoms with Gasteiger partial charge in [-0.25, -0.2) is 8.42 Å². The van der Waals surface area contributed by atoms with Gasteiger partial charge >= 0.3 is 0 Å². The number of nitrogens with zero attached hydrogens (tertiary/aromatic N) is 4. The van der Waals surface area contributed by atoms with E-state index in [2.05, 4.69) is 30.7 Å². The summed E-state index contributed by atoms with van der Waals surface area (Å²) in [6.07, 6.45) is 1.42. The van der Waals surface area contributed by atoms with Gasteiger partial charge in [0.05, 0.1) is 4.90 Å². The summed E-state index contributed by atoms with van der Waals surface area (Å²) in [6, 6.07) is 13.5. The van der Waals surface area contributed by atoms with Gasteiger partial charge in [-0.15, -0.1) is 10.2 Å². The van der Waals surface area contributed by atoms with E-state index in [4.69, 9.17) is 5.26 Å². The Hall–Kier alpha value is -3.71. The van der Waals surface area contributed by atoms with Crippen LogP contribution in [0.2, 0.25) is 0 Å². The number of aromatic amines is 1. The van der Waals surface area contributed by atoms with Gasteiger partial charge in [-0.3, -0.25) is 4.72 Å². The van der Waals surface area contributed by atoms with E-state index in [-0.39, 0.29) is 16.3 Å². The number of hydrogen-bond acceptors (Lipinski definition) is 7. The quantitative estimate of drug-likeness (QED) is 0.546. The third-order valence-electron chi connectivity index (χ3n) is 4.01. The van der Waals surface area contributed by atoms with E-state index in [1.807, 2.05) is 26.0 Å². The third-order valence-corrected chi connectivity index (χ3v) is 5.41. The van der Waals surface area contributed by atoms with Crippen molar-refractivity contribution in [3.63, 3.8) is 0 Å². The summed E-state index contributed by atoms with van der Waals surface area (Å²) >= 11 is 0. The normalized spacial score (nSPS) is 11.7. The van der Waals surface area contributed by atoms with Gasteiger partial charge in [0.2, 0.25) is 5.82 Å². The summed E-state index contributed by atoms with van der Waals surface area (Å²) in [4.78, 5) is 0.124. The number of anilines is 2. The largest absolute Gasteiger partial charge is 0.360 e. The van der Waals surface area contributed by atoms with Crippen LogP contribution in [0.25, 0.3) is 5.57 Å². The molecule has 0 aliphatic heterocycles. The number of nitrogens with one attached hydrogen (secondary N) is 3. The first-order valence-corrected chi connectivity index (χ1v) is 9.68. The number of hydrogen-bond donors (Lipinski definition) is 3. The maximum atomic E-state index is 12.6. The molecule has 0 amide bonds. The first kappa shape index (κ1) is 19.1. The molecule has 0 fully saturated rings. The SMILES string of the molecule is Cc1ccc(NS(=O)(=O)c2ccc(NC=C(C#N)c3nn[nH]n3)cc2)cc1C. The fourth-order valence-corrected chi connectivity index (χ4v) is 3.38. The lowest BCUT2D eigenvalue weighted by Crippen LogP contribution is -2.13. The van der Waals surface area contributed by atoms with E-state index in [9.17, 15) is 8.42 Å². The van der Waals surface area contributed by atoms with Crippen molar-refractivity contribution in [1.29, 1.82) is 5.26 Å². The Morgan fingerprint density at radius 3 is 2.43 bits per heavy atom. The van der Waals surface area contributed by atoms with Gasteiger partial charge in [0, 0.05) is 17.6 Å². The van der Waals surface area contributed by atoms with E-state index >= 15 is 0 Å². The van der Waals surface area contributed by atoms with Crippen molar-refractivity contribution in [2.45, 2.75) is 18.7 Å².